The van der Waals surface area contributed by atoms with Gasteiger partial charge in [0.15, 0.2) is 0 Å². The van der Waals surface area contributed by atoms with Crippen molar-refractivity contribution in [1.29, 1.82) is 0 Å². The quantitative estimate of drug-likeness (QED) is 0.786. The van der Waals surface area contributed by atoms with Gasteiger partial charge in [0.2, 0.25) is 5.91 Å². The first-order valence-electron chi connectivity index (χ1n) is 6.09. The average Bonchev–Trinajstić information content (AvgIpc) is 2.79. The fourth-order valence-corrected chi connectivity index (χ4v) is 2.30. The van der Waals surface area contributed by atoms with Gasteiger partial charge in [-0.2, -0.15) is 0 Å². The Labute approximate surface area is 96.4 Å². The topological polar surface area (TPSA) is 33.5 Å². The first kappa shape index (κ1) is 11.2. The van der Waals surface area contributed by atoms with E-state index in [1.807, 2.05) is 17.0 Å². The monoisotopic (exact) mass is 221 g/mol. The van der Waals surface area contributed by atoms with Crippen molar-refractivity contribution in [2.45, 2.75) is 45.1 Å². The Morgan fingerprint density at radius 2 is 2.44 bits per heavy atom. The van der Waals surface area contributed by atoms with Crippen LogP contribution in [0.5, 0.6) is 0 Å². The number of rotatable bonds is 3. The third kappa shape index (κ3) is 2.65. The van der Waals surface area contributed by atoms with Crippen LogP contribution in [0.3, 0.4) is 0 Å². The van der Waals surface area contributed by atoms with Crippen LogP contribution in [0, 0.1) is 0 Å². The first-order chi connectivity index (χ1) is 7.77. The number of likely N-dealkylation sites (tertiary alicyclic amines) is 1. The third-order valence-electron chi connectivity index (χ3n) is 3.29. The minimum atomic E-state index is 0.267. The molecule has 1 aromatic heterocycles. The van der Waals surface area contributed by atoms with Crippen LogP contribution in [0.1, 0.15) is 38.4 Å². The van der Waals surface area contributed by atoms with E-state index >= 15 is 0 Å². The Kier molecular flexibility index (Phi) is 3.65. The van der Waals surface area contributed by atoms with Crippen LogP contribution in [-0.2, 0) is 11.2 Å². The predicted octanol–water partition coefficient (Wildman–Crippen LogP) is 2.61. The summed E-state index contributed by atoms with van der Waals surface area (Å²) in [5.41, 5.74) is 0. The lowest BCUT2D eigenvalue weighted by Gasteiger charge is -2.33. The van der Waals surface area contributed by atoms with E-state index in [0.29, 0.717) is 12.5 Å². The molecule has 1 fully saturated rings. The van der Waals surface area contributed by atoms with Crippen molar-refractivity contribution in [2.24, 2.45) is 0 Å². The molecule has 0 aliphatic carbocycles. The molecule has 0 N–H and O–H groups in total. The fourth-order valence-electron chi connectivity index (χ4n) is 2.30. The highest BCUT2D eigenvalue weighted by Gasteiger charge is 2.22. The van der Waals surface area contributed by atoms with Crippen molar-refractivity contribution in [3.05, 3.63) is 24.2 Å². The molecule has 0 saturated carbocycles. The van der Waals surface area contributed by atoms with E-state index in [4.69, 9.17) is 4.42 Å². The summed E-state index contributed by atoms with van der Waals surface area (Å²) >= 11 is 0. The maximum absolute atomic E-state index is 12.0. The number of carbonyl (C=O) groups excluding carboxylic acids is 1. The van der Waals surface area contributed by atoms with E-state index in [9.17, 15) is 4.79 Å². The highest BCUT2D eigenvalue weighted by Crippen LogP contribution is 2.18. The normalized spacial score (nSPS) is 21.1. The molecule has 0 radical (unpaired) electrons. The molecule has 1 atom stereocenters. The van der Waals surface area contributed by atoms with E-state index in [-0.39, 0.29) is 5.91 Å². The van der Waals surface area contributed by atoms with Crippen molar-refractivity contribution in [3.63, 3.8) is 0 Å². The van der Waals surface area contributed by atoms with Gasteiger partial charge in [0.05, 0.1) is 6.26 Å². The minimum absolute atomic E-state index is 0.267. The van der Waals surface area contributed by atoms with Gasteiger partial charge in [0.25, 0.3) is 0 Å². The van der Waals surface area contributed by atoms with E-state index in [0.717, 1.165) is 31.6 Å². The second-order valence-corrected chi connectivity index (χ2v) is 4.51. The molecule has 3 heteroatoms. The average molecular weight is 221 g/mol. The summed E-state index contributed by atoms with van der Waals surface area (Å²) < 4.78 is 5.23. The zero-order valence-electron chi connectivity index (χ0n) is 9.82. The number of piperidine rings is 1. The molecule has 1 aliphatic rings. The highest BCUT2D eigenvalue weighted by atomic mass is 16.3. The molecule has 0 bridgehead atoms. The van der Waals surface area contributed by atoms with E-state index in [1.165, 1.54) is 6.42 Å². The van der Waals surface area contributed by atoms with Gasteiger partial charge in [-0.15, -0.1) is 0 Å². The van der Waals surface area contributed by atoms with Crippen molar-refractivity contribution in [1.82, 2.24) is 4.90 Å². The van der Waals surface area contributed by atoms with Crippen molar-refractivity contribution in [2.75, 3.05) is 6.54 Å². The van der Waals surface area contributed by atoms with Gasteiger partial charge in [-0.25, -0.2) is 0 Å². The van der Waals surface area contributed by atoms with Crippen molar-refractivity contribution < 1.29 is 9.21 Å². The predicted molar refractivity (Wildman–Crippen MR) is 62.1 cm³/mol. The van der Waals surface area contributed by atoms with Gasteiger partial charge >= 0.3 is 0 Å². The molecule has 2 rings (SSSR count). The van der Waals surface area contributed by atoms with E-state index in [2.05, 4.69) is 6.92 Å². The molecule has 3 nitrogen and oxygen atoms in total. The van der Waals surface area contributed by atoms with Crippen LogP contribution >= 0.6 is 0 Å². The Hall–Kier alpha value is -1.25. The lowest BCUT2D eigenvalue weighted by Crippen LogP contribution is -2.42. The highest BCUT2D eigenvalue weighted by molar-refractivity contribution is 5.76. The van der Waals surface area contributed by atoms with Gasteiger partial charge in [0, 0.05) is 25.4 Å². The van der Waals surface area contributed by atoms with Crippen molar-refractivity contribution in [3.8, 4) is 0 Å². The molecule has 1 saturated heterocycles. The molecular formula is C13H19NO2. The molecule has 0 spiro atoms. The lowest BCUT2D eigenvalue weighted by atomic mass is 10.0. The number of amides is 1. The van der Waals surface area contributed by atoms with Gasteiger partial charge in [0.1, 0.15) is 5.76 Å². The number of hydrogen-bond acceptors (Lipinski definition) is 2. The molecular weight excluding hydrogens is 202 g/mol. The van der Waals surface area contributed by atoms with Crippen LogP contribution < -0.4 is 0 Å². The fraction of sp³-hybridized carbons (Fsp3) is 0.615. The number of carbonyl (C=O) groups is 1. The van der Waals surface area contributed by atoms with Crippen LogP contribution in [0.4, 0.5) is 0 Å². The van der Waals surface area contributed by atoms with Crippen LogP contribution in [0.2, 0.25) is 0 Å². The third-order valence-corrected chi connectivity index (χ3v) is 3.29. The Balaban J connectivity index is 1.83. The van der Waals surface area contributed by atoms with E-state index in [1.54, 1.807) is 6.26 Å². The molecule has 88 valence electrons. The number of hydrogen-bond donors (Lipinski definition) is 0. The number of nitrogens with zero attached hydrogens (tertiary/aromatic N) is 1. The Bertz CT molecular complexity index is 332. The number of aryl methyl sites for hydroxylation is 1. The number of furan rings is 1. The Morgan fingerprint density at radius 1 is 1.56 bits per heavy atom. The van der Waals surface area contributed by atoms with Crippen LogP contribution in [-0.4, -0.2) is 23.4 Å². The van der Waals surface area contributed by atoms with Gasteiger partial charge in [-0.1, -0.05) is 0 Å². The van der Waals surface area contributed by atoms with Crippen LogP contribution in [0.25, 0.3) is 0 Å². The summed E-state index contributed by atoms with van der Waals surface area (Å²) in [6.07, 6.45) is 6.49. The first-order valence-corrected chi connectivity index (χ1v) is 6.09. The zero-order chi connectivity index (χ0) is 11.4. The minimum Gasteiger partial charge on any atom is -0.469 e. The zero-order valence-corrected chi connectivity index (χ0v) is 9.82. The van der Waals surface area contributed by atoms with Crippen LogP contribution in [0.15, 0.2) is 22.8 Å². The summed E-state index contributed by atoms with van der Waals surface area (Å²) in [5.74, 6) is 1.17. The summed E-state index contributed by atoms with van der Waals surface area (Å²) in [4.78, 5) is 14.0. The second-order valence-electron chi connectivity index (χ2n) is 4.51. The Morgan fingerprint density at radius 3 is 3.12 bits per heavy atom. The molecule has 1 amide bonds. The largest absolute Gasteiger partial charge is 0.469 e. The molecule has 1 aromatic rings. The molecule has 2 heterocycles. The maximum atomic E-state index is 12.0. The molecule has 0 aromatic carbocycles. The smallest absolute Gasteiger partial charge is 0.223 e. The summed E-state index contributed by atoms with van der Waals surface area (Å²) in [6.45, 7) is 3.07. The summed E-state index contributed by atoms with van der Waals surface area (Å²) in [5, 5.41) is 0. The molecule has 16 heavy (non-hydrogen) atoms. The second kappa shape index (κ2) is 5.19. The van der Waals surface area contributed by atoms with E-state index < -0.39 is 0 Å². The summed E-state index contributed by atoms with van der Waals surface area (Å²) in [7, 11) is 0. The SMILES string of the molecule is C[C@@H]1CCCCN1C(=O)CCc1ccco1. The standard InChI is InChI=1S/C13H19NO2/c1-11-5-2-3-9-14(11)13(15)8-7-12-6-4-10-16-12/h4,6,10-11H,2-3,5,7-9H2,1H3/t11-/m1/s1. The maximum Gasteiger partial charge on any atom is 0.223 e. The van der Waals surface area contributed by atoms with Gasteiger partial charge in [-0.3, -0.25) is 4.79 Å². The van der Waals surface area contributed by atoms with Crippen molar-refractivity contribution >= 4 is 5.91 Å². The van der Waals surface area contributed by atoms with Gasteiger partial charge < -0.3 is 9.32 Å². The lowest BCUT2D eigenvalue weighted by molar-refractivity contribution is -0.134. The summed E-state index contributed by atoms with van der Waals surface area (Å²) in [6, 6.07) is 4.20. The van der Waals surface area contributed by atoms with Gasteiger partial charge in [-0.05, 0) is 38.3 Å². The molecule has 0 unspecified atom stereocenters. The molecule has 1 aliphatic heterocycles.